The molecule has 3 heterocycles. The van der Waals surface area contributed by atoms with Gasteiger partial charge in [0, 0.05) is 37.1 Å². The zero-order valence-corrected chi connectivity index (χ0v) is 14.9. The van der Waals surface area contributed by atoms with Gasteiger partial charge in [0.15, 0.2) is 0 Å². The number of likely N-dealkylation sites (tertiary alicyclic amines) is 1. The molecule has 0 radical (unpaired) electrons. The number of hydrogen-bond donors (Lipinski definition) is 1. The summed E-state index contributed by atoms with van der Waals surface area (Å²) in [6, 6.07) is 5.39. The Labute approximate surface area is 155 Å². The van der Waals surface area contributed by atoms with Gasteiger partial charge in [-0.1, -0.05) is 5.16 Å². The van der Waals surface area contributed by atoms with Crippen molar-refractivity contribution >= 4 is 22.8 Å². The molecule has 0 unspecified atom stereocenters. The lowest BCUT2D eigenvalue weighted by Crippen LogP contribution is -2.46. The molecule has 0 bridgehead atoms. The number of aryl methyl sites for hydroxylation is 1. The van der Waals surface area contributed by atoms with Crippen molar-refractivity contribution in [3.63, 3.8) is 0 Å². The van der Waals surface area contributed by atoms with Crippen LogP contribution in [0.3, 0.4) is 0 Å². The minimum atomic E-state index is -0.188. The molecule has 2 aromatic heterocycles. The first kappa shape index (κ1) is 17.1. The van der Waals surface area contributed by atoms with Crippen LogP contribution in [0, 0.1) is 6.92 Å². The maximum Gasteiger partial charge on any atom is 0.256 e. The highest BCUT2D eigenvalue weighted by molar-refractivity contribution is 5.97. The molecule has 8 nitrogen and oxygen atoms in total. The fraction of sp³-hybridized carbons (Fsp3) is 0.316. The van der Waals surface area contributed by atoms with E-state index in [1.165, 1.54) is 6.20 Å². The molecule has 0 atom stereocenters. The second-order valence-corrected chi connectivity index (χ2v) is 6.60. The van der Waals surface area contributed by atoms with E-state index in [1.807, 2.05) is 11.0 Å². The lowest BCUT2D eigenvalue weighted by atomic mass is 10.0. The second kappa shape index (κ2) is 7.14. The zero-order valence-electron chi connectivity index (χ0n) is 14.9. The Morgan fingerprint density at radius 2 is 1.89 bits per heavy atom. The van der Waals surface area contributed by atoms with Crippen LogP contribution < -0.4 is 5.32 Å². The molecule has 0 spiro atoms. The van der Waals surface area contributed by atoms with E-state index in [4.69, 9.17) is 4.52 Å². The number of aromatic nitrogens is 3. The van der Waals surface area contributed by atoms with E-state index >= 15 is 0 Å². The van der Waals surface area contributed by atoms with E-state index < -0.39 is 0 Å². The SMILES string of the molecule is Cc1oncc1C(=O)NC1CCN(C(=O)c2ccc3nccnc3c2)CC1. The van der Waals surface area contributed by atoms with Crippen molar-refractivity contribution in [3.05, 3.63) is 53.7 Å². The Morgan fingerprint density at radius 3 is 2.59 bits per heavy atom. The molecule has 1 aliphatic heterocycles. The van der Waals surface area contributed by atoms with Gasteiger partial charge in [-0.25, -0.2) is 0 Å². The number of hydrogen-bond acceptors (Lipinski definition) is 6. The van der Waals surface area contributed by atoms with Gasteiger partial charge in [-0.3, -0.25) is 19.6 Å². The van der Waals surface area contributed by atoms with Gasteiger partial charge < -0.3 is 14.7 Å². The minimum absolute atomic E-state index is 0.0257. The van der Waals surface area contributed by atoms with E-state index in [0.717, 1.165) is 5.52 Å². The Morgan fingerprint density at radius 1 is 1.15 bits per heavy atom. The van der Waals surface area contributed by atoms with Crippen LogP contribution in [0.25, 0.3) is 11.0 Å². The predicted molar refractivity (Wildman–Crippen MR) is 97.2 cm³/mol. The summed E-state index contributed by atoms with van der Waals surface area (Å²) >= 11 is 0. The van der Waals surface area contributed by atoms with Crippen LogP contribution in [-0.4, -0.2) is 51.0 Å². The van der Waals surface area contributed by atoms with E-state index in [1.54, 1.807) is 31.5 Å². The largest absolute Gasteiger partial charge is 0.361 e. The van der Waals surface area contributed by atoms with Crippen molar-refractivity contribution in [1.29, 1.82) is 0 Å². The van der Waals surface area contributed by atoms with Gasteiger partial charge in [0.2, 0.25) is 0 Å². The molecule has 1 saturated heterocycles. The first-order chi connectivity index (χ1) is 13.1. The molecule has 4 rings (SSSR count). The van der Waals surface area contributed by atoms with Crippen LogP contribution in [0.4, 0.5) is 0 Å². The number of nitrogens with one attached hydrogen (secondary N) is 1. The van der Waals surface area contributed by atoms with E-state index in [9.17, 15) is 9.59 Å². The van der Waals surface area contributed by atoms with Crippen LogP contribution in [-0.2, 0) is 0 Å². The van der Waals surface area contributed by atoms with Gasteiger partial charge in [0.25, 0.3) is 11.8 Å². The summed E-state index contributed by atoms with van der Waals surface area (Å²) in [5.74, 6) is 0.286. The van der Waals surface area contributed by atoms with Crippen LogP contribution in [0.15, 0.2) is 41.3 Å². The summed E-state index contributed by atoms with van der Waals surface area (Å²) in [6.45, 7) is 2.88. The number of piperidine rings is 1. The minimum Gasteiger partial charge on any atom is -0.361 e. The molecule has 27 heavy (non-hydrogen) atoms. The third-order valence-electron chi connectivity index (χ3n) is 4.83. The molecule has 1 aromatic carbocycles. The highest BCUT2D eigenvalue weighted by atomic mass is 16.5. The highest BCUT2D eigenvalue weighted by Gasteiger charge is 2.26. The van der Waals surface area contributed by atoms with Gasteiger partial charge in [0.1, 0.15) is 11.3 Å². The van der Waals surface area contributed by atoms with E-state index in [0.29, 0.717) is 48.3 Å². The lowest BCUT2D eigenvalue weighted by molar-refractivity contribution is 0.0698. The van der Waals surface area contributed by atoms with Crippen molar-refractivity contribution in [2.45, 2.75) is 25.8 Å². The molecule has 138 valence electrons. The summed E-state index contributed by atoms with van der Waals surface area (Å²) in [4.78, 5) is 35.3. The molecule has 3 aromatic rings. The Hall–Kier alpha value is -3.29. The number of benzene rings is 1. The fourth-order valence-electron chi connectivity index (χ4n) is 3.29. The lowest BCUT2D eigenvalue weighted by Gasteiger charge is -2.32. The van der Waals surface area contributed by atoms with Crippen LogP contribution in [0.2, 0.25) is 0 Å². The first-order valence-corrected chi connectivity index (χ1v) is 8.84. The number of amides is 2. The summed E-state index contributed by atoms with van der Waals surface area (Å²) in [5, 5.41) is 6.62. The molecule has 2 amide bonds. The van der Waals surface area contributed by atoms with Crippen molar-refractivity contribution in [3.8, 4) is 0 Å². The quantitative estimate of drug-likeness (QED) is 0.761. The standard InChI is InChI=1S/C19H19N5O3/c1-12-15(11-22-27-12)18(25)23-14-4-8-24(9-5-14)19(26)13-2-3-16-17(10-13)21-7-6-20-16/h2-3,6-7,10-11,14H,4-5,8-9H2,1H3,(H,23,25). The molecule has 0 saturated carbocycles. The Bertz CT molecular complexity index is 992. The summed E-state index contributed by atoms with van der Waals surface area (Å²) in [6.07, 6.45) is 6.07. The molecule has 1 aliphatic rings. The van der Waals surface area contributed by atoms with E-state index in [-0.39, 0.29) is 17.9 Å². The van der Waals surface area contributed by atoms with Gasteiger partial charge in [0.05, 0.1) is 17.2 Å². The number of carbonyl (C=O) groups is 2. The average molecular weight is 365 g/mol. The van der Waals surface area contributed by atoms with Gasteiger partial charge in [-0.15, -0.1) is 0 Å². The fourth-order valence-corrected chi connectivity index (χ4v) is 3.29. The number of rotatable bonds is 3. The molecule has 0 aliphatic carbocycles. The normalized spacial score (nSPS) is 15.1. The van der Waals surface area contributed by atoms with E-state index in [2.05, 4.69) is 20.4 Å². The third-order valence-corrected chi connectivity index (χ3v) is 4.83. The monoisotopic (exact) mass is 365 g/mol. The maximum atomic E-state index is 12.8. The molecule has 1 fully saturated rings. The van der Waals surface area contributed by atoms with Gasteiger partial charge in [-0.2, -0.15) is 0 Å². The number of carbonyl (C=O) groups excluding carboxylic acids is 2. The Balaban J connectivity index is 1.37. The van der Waals surface area contributed by atoms with Gasteiger partial charge >= 0.3 is 0 Å². The van der Waals surface area contributed by atoms with Crippen molar-refractivity contribution in [2.75, 3.05) is 13.1 Å². The summed E-state index contributed by atoms with van der Waals surface area (Å²) < 4.78 is 4.93. The number of fused-ring (bicyclic) bond motifs is 1. The number of nitrogens with zero attached hydrogens (tertiary/aromatic N) is 4. The average Bonchev–Trinajstić information content (AvgIpc) is 3.14. The molecular weight excluding hydrogens is 346 g/mol. The summed E-state index contributed by atoms with van der Waals surface area (Å²) in [7, 11) is 0. The topological polar surface area (TPSA) is 101 Å². The van der Waals surface area contributed by atoms with Crippen LogP contribution >= 0.6 is 0 Å². The zero-order chi connectivity index (χ0) is 18.8. The molecule has 1 N–H and O–H groups in total. The predicted octanol–water partition coefficient (Wildman–Crippen LogP) is 1.96. The van der Waals surface area contributed by atoms with Crippen LogP contribution in [0.1, 0.15) is 39.3 Å². The van der Waals surface area contributed by atoms with Gasteiger partial charge in [-0.05, 0) is 38.0 Å². The highest BCUT2D eigenvalue weighted by Crippen LogP contribution is 2.17. The maximum absolute atomic E-state index is 12.8. The smallest absolute Gasteiger partial charge is 0.256 e. The van der Waals surface area contributed by atoms with Crippen molar-refractivity contribution in [2.24, 2.45) is 0 Å². The third kappa shape index (κ3) is 3.51. The first-order valence-electron chi connectivity index (χ1n) is 8.84. The van der Waals surface area contributed by atoms with Crippen molar-refractivity contribution < 1.29 is 14.1 Å². The van der Waals surface area contributed by atoms with Crippen molar-refractivity contribution in [1.82, 2.24) is 25.3 Å². The summed E-state index contributed by atoms with van der Waals surface area (Å²) in [5.41, 5.74) is 2.52. The molecule has 8 heteroatoms. The van der Waals surface area contributed by atoms with Crippen LogP contribution in [0.5, 0.6) is 0 Å². The molecular formula is C19H19N5O3. The Kier molecular flexibility index (Phi) is 4.53. The second-order valence-electron chi connectivity index (χ2n) is 6.60.